The molecule has 0 aliphatic rings. The van der Waals surface area contributed by atoms with Crippen LogP contribution in [0.3, 0.4) is 0 Å². The molecule has 0 fully saturated rings. The summed E-state index contributed by atoms with van der Waals surface area (Å²) in [6.45, 7) is 3.35. The van der Waals surface area contributed by atoms with Gasteiger partial charge in [0.25, 0.3) is 0 Å². The van der Waals surface area contributed by atoms with Crippen molar-refractivity contribution in [2.45, 2.75) is 19.5 Å². The van der Waals surface area contributed by atoms with Gasteiger partial charge in [-0.1, -0.05) is 18.2 Å². The summed E-state index contributed by atoms with van der Waals surface area (Å²) in [5.41, 5.74) is 9.15. The number of fused-ring (bicyclic) bond motifs is 1. The van der Waals surface area contributed by atoms with Crippen molar-refractivity contribution in [3.8, 4) is 0 Å². The number of thiazole rings is 1. The molecular weight excluding hydrogens is 282 g/mol. The van der Waals surface area contributed by atoms with Crippen LogP contribution in [0.1, 0.15) is 22.3 Å². The number of para-hydroxylation sites is 1. The average molecular weight is 301 g/mol. The van der Waals surface area contributed by atoms with Crippen LogP contribution in [0.5, 0.6) is 0 Å². The molecule has 3 aromatic rings. The van der Waals surface area contributed by atoms with Gasteiger partial charge >= 0.3 is 0 Å². The fourth-order valence-corrected chi connectivity index (χ4v) is 3.25. The van der Waals surface area contributed by atoms with E-state index < -0.39 is 0 Å². The molecule has 5 heteroatoms. The molecule has 2 heterocycles. The van der Waals surface area contributed by atoms with Crippen LogP contribution < -0.4 is 5.73 Å². The van der Waals surface area contributed by atoms with E-state index in [0.29, 0.717) is 6.54 Å². The first-order chi connectivity index (χ1) is 10.2. The fourth-order valence-electron chi connectivity index (χ4n) is 2.65. The minimum atomic E-state index is 0.121. The fraction of sp³-hybridized carbons (Fsp3) is 0.312. The number of likely N-dealkylation sites (N-methyl/N-ethyl adjacent to an activating group) is 1. The highest BCUT2D eigenvalue weighted by atomic mass is 32.1. The first-order valence-electron chi connectivity index (χ1n) is 6.96. The lowest BCUT2D eigenvalue weighted by molar-refractivity contribution is 0.239. The Balaban J connectivity index is 1.87. The van der Waals surface area contributed by atoms with Gasteiger partial charge in [-0.2, -0.15) is 0 Å². The van der Waals surface area contributed by atoms with E-state index in [0.717, 1.165) is 33.8 Å². The van der Waals surface area contributed by atoms with E-state index >= 15 is 0 Å². The third-order valence-corrected chi connectivity index (χ3v) is 4.53. The van der Waals surface area contributed by atoms with Crippen molar-refractivity contribution in [2.24, 2.45) is 5.73 Å². The summed E-state index contributed by atoms with van der Waals surface area (Å²) in [6, 6.07) is 8.19. The summed E-state index contributed by atoms with van der Waals surface area (Å²) in [4.78, 5) is 6.75. The standard InChI is InChI=1S/C16H19N3OS/c1-11-18-12(10-21-11)8-19(2)15(7-17)14-9-20-16-6-4-3-5-13(14)16/h3-6,9-10,15H,7-8,17H2,1-2H3. The van der Waals surface area contributed by atoms with E-state index in [2.05, 4.69) is 28.4 Å². The molecule has 110 valence electrons. The highest BCUT2D eigenvalue weighted by Gasteiger charge is 2.20. The summed E-state index contributed by atoms with van der Waals surface area (Å²) in [5.74, 6) is 0. The maximum Gasteiger partial charge on any atom is 0.134 e. The monoisotopic (exact) mass is 301 g/mol. The van der Waals surface area contributed by atoms with Gasteiger partial charge in [0.1, 0.15) is 5.58 Å². The highest BCUT2D eigenvalue weighted by molar-refractivity contribution is 7.09. The van der Waals surface area contributed by atoms with Crippen molar-refractivity contribution in [3.63, 3.8) is 0 Å². The first-order valence-corrected chi connectivity index (χ1v) is 7.84. The molecule has 0 aliphatic carbocycles. The molecule has 3 rings (SSSR count). The number of benzene rings is 1. The van der Waals surface area contributed by atoms with Crippen LogP contribution in [0.2, 0.25) is 0 Å². The third kappa shape index (κ3) is 2.85. The summed E-state index contributed by atoms with van der Waals surface area (Å²) in [5, 5.41) is 4.33. The lowest BCUT2D eigenvalue weighted by Gasteiger charge is -2.25. The number of furan rings is 1. The molecule has 21 heavy (non-hydrogen) atoms. The van der Waals surface area contributed by atoms with Gasteiger partial charge in [0.05, 0.1) is 23.0 Å². The van der Waals surface area contributed by atoms with Crippen LogP contribution in [0.25, 0.3) is 11.0 Å². The molecule has 1 aromatic carbocycles. The first kappa shape index (κ1) is 14.3. The molecule has 0 bridgehead atoms. The van der Waals surface area contributed by atoms with Crippen molar-refractivity contribution in [1.82, 2.24) is 9.88 Å². The Bertz CT molecular complexity index is 734. The van der Waals surface area contributed by atoms with Crippen molar-refractivity contribution < 1.29 is 4.42 Å². The van der Waals surface area contributed by atoms with Gasteiger partial charge in [0, 0.05) is 29.4 Å². The van der Waals surface area contributed by atoms with Gasteiger partial charge in [-0.25, -0.2) is 4.98 Å². The molecule has 0 saturated heterocycles. The number of rotatable bonds is 5. The van der Waals surface area contributed by atoms with Crippen molar-refractivity contribution in [2.75, 3.05) is 13.6 Å². The normalized spacial score (nSPS) is 13.1. The zero-order chi connectivity index (χ0) is 14.8. The molecule has 1 unspecified atom stereocenters. The Hall–Kier alpha value is -1.69. The minimum absolute atomic E-state index is 0.121. The Kier molecular flexibility index (Phi) is 4.05. The SMILES string of the molecule is Cc1nc(CN(C)C(CN)c2coc3ccccc23)cs1. The summed E-state index contributed by atoms with van der Waals surface area (Å²) in [7, 11) is 2.08. The van der Waals surface area contributed by atoms with Crippen LogP contribution in [-0.4, -0.2) is 23.5 Å². The Morgan fingerprint density at radius 3 is 2.90 bits per heavy atom. The van der Waals surface area contributed by atoms with Gasteiger partial charge < -0.3 is 10.2 Å². The maximum absolute atomic E-state index is 6.01. The van der Waals surface area contributed by atoms with Gasteiger partial charge in [0.15, 0.2) is 0 Å². The second-order valence-electron chi connectivity index (χ2n) is 5.21. The molecule has 2 aromatic heterocycles. The predicted molar refractivity (Wildman–Crippen MR) is 86.3 cm³/mol. The van der Waals surface area contributed by atoms with E-state index in [4.69, 9.17) is 10.2 Å². The molecule has 2 N–H and O–H groups in total. The van der Waals surface area contributed by atoms with Crippen molar-refractivity contribution >= 4 is 22.3 Å². The average Bonchev–Trinajstić information content (AvgIpc) is 3.07. The molecule has 0 amide bonds. The van der Waals surface area contributed by atoms with Crippen LogP contribution >= 0.6 is 11.3 Å². The van der Waals surface area contributed by atoms with Crippen molar-refractivity contribution in [3.05, 3.63) is 52.2 Å². The molecule has 0 aliphatic heterocycles. The molecule has 0 radical (unpaired) electrons. The van der Waals surface area contributed by atoms with Crippen LogP contribution in [0.15, 0.2) is 40.3 Å². The topological polar surface area (TPSA) is 55.3 Å². The number of hydrogen-bond acceptors (Lipinski definition) is 5. The predicted octanol–water partition coefficient (Wildman–Crippen LogP) is 3.33. The van der Waals surface area contributed by atoms with E-state index in [9.17, 15) is 0 Å². The second kappa shape index (κ2) is 5.97. The number of aromatic nitrogens is 1. The molecule has 0 spiro atoms. The Labute approximate surface area is 128 Å². The number of nitrogens with two attached hydrogens (primary N) is 1. The largest absolute Gasteiger partial charge is 0.464 e. The van der Waals surface area contributed by atoms with Gasteiger partial charge in [-0.15, -0.1) is 11.3 Å². The molecular formula is C16H19N3OS. The van der Waals surface area contributed by atoms with E-state index in [-0.39, 0.29) is 6.04 Å². The zero-order valence-corrected chi connectivity index (χ0v) is 13.1. The maximum atomic E-state index is 6.01. The minimum Gasteiger partial charge on any atom is -0.464 e. The summed E-state index contributed by atoms with van der Waals surface area (Å²) < 4.78 is 5.64. The van der Waals surface area contributed by atoms with Crippen LogP contribution in [0, 0.1) is 6.92 Å². The third-order valence-electron chi connectivity index (χ3n) is 3.70. The Morgan fingerprint density at radius 2 is 2.19 bits per heavy atom. The molecule has 4 nitrogen and oxygen atoms in total. The molecule has 0 saturated carbocycles. The van der Waals surface area contributed by atoms with Crippen LogP contribution in [0.4, 0.5) is 0 Å². The van der Waals surface area contributed by atoms with E-state index in [1.54, 1.807) is 11.3 Å². The van der Waals surface area contributed by atoms with Gasteiger partial charge in [-0.3, -0.25) is 4.90 Å². The van der Waals surface area contributed by atoms with Crippen LogP contribution in [-0.2, 0) is 6.54 Å². The molecule has 1 atom stereocenters. The van der Waals surface area contributed by atoms with Crippen molar-refractivity contribution in [1.29, 1.82) is 0 Å². The number of nitrogens with zero attached hydrogens (tertiary/aromatic N) is 2. The number of aryl methyl sites for hydroxylation is 1. The second-order valence-corrected chi connectivity index (χ2v) is 6.27. The van der Waals surface area contributed by atoms with E-state index in [1.807, 2.05) is 31.4 Å². The Morgan fingerprint density at radius 1 is 1.38 bits per heavy atom. The smallest absolute Gasteiger partial charge is 0.134 e. The summed E-state index contributed by atoms with van der Waals surface area (Å²) >= 11 is 1.68. The number of hydrogen-bond donors (Lipinski definition) is 1. The quantitative estimate of drug-likeness (QED) is 0.785. The summed E-state index contributed by atoms with van der Waals surface area (Å²) in [6.07, 6.45) is 1.82. The lowest BCUT2D eigenvalue weighted by Crippen LogP contribution is -2.30. The zero-order valence-electron chi connectivity index (χ0n) is 12.2. The van der Waals surface area contributed by atoms with Gasteiger partial charge in [-0.05, 0) is 20.0 Å². The van der Waals surface area contributed by atoms with E-state index in [1.165, 1.54) is 0 Å². The lowest BCUT2D eigenvalue weighted by atomic mass is 10.0. The van der Waals surface area contributed by atoms with Gasteiger partial charge in [0.2, 0.25) is 0 Å². The highest BCUT2D eigenvalue weighted by Crippen LogP contribution is 2.29.